The van der Waals surface area contributed by atoms with Crippen molar-refractivity contribution in [2.45, 2.75) is 83.3 Å². The second-order valence-electron chi connectivity index (χ2n) is 6.49. The van der Waals surface area contributed by atoms with Crippen LogP contribution in [0.15, 0.2) is 0 Å². The average molecular weight is 331 g/mol. The summed E-state index contributed by atoms with van der Waals surface area (Å²) in [5.41, 5.74) is 0. The molecule has 1 unspecified atom stereocenters. The van der Waals surface area contributed by atoms with E-state index < -0.39 is 16.1 Å². The number of nitrogens with zero attached hydrogens (tertiary/aromatic N) is 1. The molecule has 0 radical (unpaired) electrons. The first-order chi connectivity index (χ1) is 10.5. The molecular weight excluding hydrogens is 302 g/mol. The van der Waals surface area contributed by atoms with E-state index >= 15 is 0 Å². The normalized spacial score (nSPS) is 25.6. The molecule has 22 heavy (non-hydrogen) atoms. The van der Waals surface area contributed by atoms with E-state index in [0.717, 1.165) is 38.5 Å². The zero-order chi connectivity index (χ0) is 16.0. The largest absolute Gasteiger partial charge is 0.461 e. The molecule has 0 aromatic carbocycles. The van der Waals surface area contributed by atoms with Crippen LogP contribution in [0.3, 0.4) is 0 Å². The number of carbonyl (C=O) groups is 1. The van der Waals surface area contributed by atoms with Gasteiger partial charge >= 0.3 is 5.97 Å². The van der Waals surface area contributed by atoms with Crippen LogP contribution in [0, 0.1) is 0 Å². The quantitative estimate of drug-likeness (QED) is 0.574. The number of carbonyl (C=O) groups excluding carboxylic acids is 1. The third-order valence-corrected chi connectivity index (χ3v) is 6.71. The molecule has 1 atom stereocenters. The van der Waals surface area contributed by atoms with Gasteiger partial charge < -0.3 is 4.74 Å². The Hall–Kier alpha value is -0.620. The monoisotopic (exact) mass is 331 g/mol. The van der Waals surface area contributed by atoms with Crippen LogP contribution in [-0.4, -0.2) is 43.1 Å². The van der Waals surface area contributed by atoms with Gasteiger partial charge in [-0.1, -0.05) is 19.8 Å². The molecule has 2 rings (SSSR count). The third-order valence-electron chi connectivity index (χ3n) is 4.63. The maximum absolute atomic E-state index is 12.5. The summed E-state index contributed by atoms with van der Waals surface area (Å²) >= 11 is 0. The maximum Gasteiger partial charge on any atom is 0.324 e. The fraction of sp³-hybridized carbons (Fsp3) is 0.938. The van der Waals surface area contributed by atoms with Gasteiger partial charge in [0, 0.05) is 6.54 Å². The van der Waals surface area contributed by atoms with Crippen molar-refractivity contribution >= 4 is 16.0 Å². The second kappa shape index (κ2) is 8.29. The maximum atomic E-state index is 12.5. The van der Waals surface area contributed by atoms with Gasteiger partial charge in [-0.05, 0) is 51.4 Å². The van der Waals surface area contributed by atoms with E-state index in [1.807, 2.05) is 6.92 Å². The Labute approximate surface area is 134 Å². The molecule has 0 bridgehead atoms. The molecular formula is C16H29NO4S. The van der Waals surface area contributed by atoms with Crippen LogP contribution in [0.2, 0.25) is 0 Å². The number of sulfonamides is 1. The molecule has 0 aromatic rings. The predicted octanol–water partition coefficient (Wildman–Crippen LogP) is 2.85. The summed E-state index contributed by atoms with van der Waals surface area (Å²) in [6, 6.07) is -0.603. The fourth-order valence-corrected chi connectivity index (χ4v) is 5.19. The van der Waals surface area contributed by atoms with E-state index in [0.29, 0.717) is 19.4 Å². The van der Waals surface area contributed by atoms with E-state index in [1.54, 1.807) is 0 Å². The topological polar surface area (TPSA) is 63.7 Å². The fourth-order valence-electron chi connectivity index (χ4n) is 3.45. The first-order valence-electron chi connectivity index (χ1n) is 8.74. The molecule has 2 aliphatic rings. The van der Waals surface area contributed by atoms with Crippen molar-refractivity contribution < 1.29 is 17.9 Å². The summed E-state index contributed by atoms with van der Waals surface area (Å²) in [6.45, 7) is 2.30. The Balaban J connectivity index is 2.01. The molecule has 5 nitrogen and oxygen atoms in total. The number of hydrogen-bond acceptors (Lipinski definition) is 4. The first-order valence-corrected chi connectivity index (χ1v) is 10.4. The second-order valence-corrected chi connectivity index (χ2v) is 8.53. The lowest BCUT2D eigenvalue weighted by Gasteiger charge is -2.33. The molecule has 1 aliphatic heterocycles. The van der Waals surface area contributed by atoms with Gasteiger partial charge in [-0.2, -0.15) is 4.31 Å². The summed E-state index contributed by atoms with van der Waals surface area (Å²) in [7, 11) is -3.34. The molecule has 128 valence electrons. The SMILES string of the molecule is CCCS(=O)(=O)N1CCCCC1C(=O)OC1CCCCCC1. The highest BCUT2D eigenvalue weighted by molar-refractivity contribution is 7.89. The Morgan fingerprint density at radius 2 is 1.68 bits per heavy atom. The van der Waals surface area contributed by atoms with Gasteiger partial charge in [-0.15, -0.1) is 0 Å². The van der Waals surface area contributed by atoms with Crippen molar-refractivity contribution in [2.24, 2.45) is 0 Å². The molecule has 1 saturated carbocycles. The van der Waals surface area contributed by atoms with E-state index in [4.69, 9.17) is 4.74 Å². The lowest BCUT2D eigenvalue weighted by atomic mass is 10.0. The summed E-state index contributed by atoms with van der Waals surface area (Å²) in [5, 5.41) is 0. The van der Waals surface area contributed by atoms with Crippen molar-refractivity contribution in [2.75, 3.05) is 12.3 Å². The summed E-state index contributed by atoms with van der Waals surface area (Å²) in [4.78, 5) is 12.5. The van der Waals surface area contributed by atoms with Crippen molar-refractivity contribution in [3.63, 3.8) is 0 Å². The van der Waals surface area contributed by atoms with Gasteiger partial charge in [0.15, 0.2) is 0 Å². The smallest absolute Gasteiger partial charge is 0.324 e. The number of hydrogen-bond donors (Lipinski definition) is 0. The van der Waals surface area contributed by atoms with Crippen LogP contribution in [0.25, 0.3) is 0 Å². The van der Waals surface area contributed by atoms with Gasteiger partial charge in [-0.3, -0.25) is 4.79 Å². The van der Waals surface area contributed by atoms with Crippen LogP contribution in [0.4, 0.5) is 0 Å². The highest BCUT2D eigenvalue weighted by Gasteiger charge is 2.38. The van der Waals surface area contributed by atoms with Crippen molar-refractivity contribution in [1.29, 1.82) is 0 Å². The minimum atomic E-state index is -3.34. The Morgan fingerprint density at radius 1 is 1.05 bits per heavy atom. The molecule has 0 amide bonds. The number of rotatable bonds is 5. The molecule has 1 aliphatic carbocycles. The first kappa shape index (κ1) is 17.7. The van der Waals surface area contributed by atoms with Crippen molar-refractivity contribution in [3.05, 3.63) is 0 Å². The van der Waals surface area contributed by atoms with E-state index in [1.165, 1.54) is 17.1 Å². The third kappa shape index (κ3) is 4.69. The Kier molecular flexibility index (Phi) is 6.68. The van der Waals surface area contributed by atoms with Gasteiger partial charge in [-0.25, -0.2) is 8.42 Å². The highest BCUT2D eigenvalue weighted by Crippen LogP contribution is 2.25. The molecule has 0 aromatic heterocycles. The Morgan fingerprint density at radius 3 is 2.32 bits per heavy atom. The summed E-state index contributed by atoms with van der Waals surface area (Å²) < 4.78 is 31.8. The predicted molar refractivity (Wildman–Crippen MR) is 86.0 cm³/mol. The van der Waals surface area contributed by atoms with Crippen molar-refractivity contribution in [1.82, 2.24) is 4.31 Å². The van der Waals surface area contributed by atoms with Crippen LogP contribution in [0.5, 0.6) is 0 Å². The van der Waals surface area contributed by atoms with E-state index in [-0.39, 0.29) is 17.8 Å². The van der Waals surface area contributed by atoms with Crippen LogP contribution in [-0.2, 0) is 19.6 Å². The molecule has 6 heteroatoms. The number of esters is 1. The van der Waals surface area contributed by atoms with Crippen LogP contribution < -0.4 is 0 Å². The van der Waals surface area contributed by atoms with Gasteiger partial charge in [0.05, 0.1) is 5.75 Å². The molecule has 2 fully saturated rings. The van der Waals surface area contributed by atoms with E-state index in [9.17, 15) is 13.2 Å². The van der Waals surface area contributed by atoms with Crippen LogP contribution >= 0.6 is 0 Å². The molecule has 0 N–H and O–H groups in total. The van der Waals surface area contributed by atoms with E-state index in [2.05, 4.69) is 0 Å². The summed E-state index contributed by atoms with van der Waals surface area (Å²) in [5.74, 6) is -0.216. The van der Waals surface area contributed by atoms with Crippen molar-refractivity contribution in [3.8, 4) is 0 Å². The average Bonchev–Trinajstić information content (AvgIpc) is 2.76. The highest BCUT2D eigenvalue weighted by atomic mass is 32.2. The minimum Gasteiger partial charge on any atom is -0.461 e. The lowest BCUT2D eigenvalue weighted by Crippen LogP contribution is -2.49. The Bertz CT molecular complexity index is 455. The van der Waals surface area contributed by atoms with Gasteiger partial charge in [0.2, 0.25) is 10.0 Å². The number of piperidine rings is 1. The zero-order valence-electron chi connectivity index (χ0n) is 13.6. The van der Waals surface area contributed by atoms with Gasteiger partial charge in [0.25, 0.3) is 0 Å². The minimum absolute atomic E-state index is 0.0207. The summed E-state index contributed by atoms with van der Waals surface area (Å²) in [6.07, 6.45) is 9.30. The lowest BCUT2D eigenvalue weighted by molar-refractivity contribution is -0.155. The zero-order valence-corrected chi connectivity index (χ0v) is 14.4. The van der Waals surface area contributed by atoms with Gasteiger partial charge in [0.1, 0.15) is 12.1 Å². The number of ether oxygens (including phenoxy) is 1. The molecule has 0 spiro atoms. The van der Waals surface area contributed by atoms with Crippen LogP contribution in [0.1, 0.15) is 71.1 Å². The standard InChI is InChI=1S/C16H29NO4S/c1-2-13-22(19,20)17-12-8-7-11-15(17)16(18)21-14-9-5-3-4-6-10-14/h14-15H,2-13H2,1H3. The molecule has 1 heterocycles. The molecule has 1 saturated heterocycles.